The summed E-state index contributed by atoms with van der Waals surface area (Å²) in [5.74, 6) is -1.78. The van der Waals surface area contributed by atoms with Gasteiger partial charge in [-0.1, -0.05) is 0 Å². The van der Waals surface area contributed by atoms with Crippen molar-refractivity contribution in [1.29, 1.82) is 0 Å². The van der Waals surface area contributed by atoms with Crippen LogP contribution in [0.15, 0.2) is 24.3 Å². The molecular weight excluding hydrogens is 350 g/mol. The van der Waals surface area contributed by atoms with Crippen molar-refractivity contribution in [1.82, 2.24) is 0 Å². The fourth-order valence-electron chi connectivity index (χ4n) is 2.48. The first-order valence-electron chi connectivity index (χ1n) is 7.63. The molecule has 0 spiro atoms. The smallest absolute Gasteiger partial charge is 0.337 e. The molecule has 0 radical (unpaired) electrons. The lowest BCUT2D eigenvalue weighted by Crippen LogP contribution is -2.22. The van der Waals surface area contributed by atoms with E-state index in [9.17, 15) is 22.8 Å². The number of anilines is 1. The summed E-state index contributed by atoms with van der Waals surface area (Å²) >= 11 is 0. The highest BCUT2D eigenvalue weighted by Crippen LogP contribution is 2.21. The van der Waals surface area contributed by atoms with Gasteiger partial charge in [-0.15, -0.1) is 0 Å². The Morgan fingerprint density at radius 2 is 1.88 bits per heavy atom. The number of rotatable bonds is 6. The van der Waals surface area contributed by atoms with Gasteiger partial charge in [-0.25, -0.2) is 13.2 Å². The summed E-state index contributed by atoms with van der Waals surface area (Å²) < 4.78 is 32.1. The number of carbonyl (C=O) groups is 3. The molecule has 0 bridgehead atoms. The molecule has 1 amide bonds. The van der Waals surface area contributed by atoms with Crippen molar-refractivity contribution in [2.24, 2.45) is 5.92 Å². The van der Waals surface area contributed by atoms with E-state index >= 15 is 0 Å². The van der Waals surface area contributed by atoms with Crippen LogP contribution in [0.5, 0.6) is 0 Å². The molecule has 1 heterocycles. The fraction of sp³-hybridized carbons (Fsp3) is 0.438. The van der Waals surface area contributed by atoms with Crippen LogP contribution >= 0.6 is 0 Å². The van der Waals surface area contributed by atoms with Gasteiger partial charge in [-0.2, -0.15) is 0 Å². The summed E-state index contributed by atoms with van der Waals surface area (Å²) in [4.78, 5) is 34.7. The SMILES string of the molecule is COC(=O)c1ccc(NC(=O)COC(=O)C[C@H]2CCS(=O)(=O)C2)cc1. The van der Waals surface area contributed by atoms with Crippen molar-refractivity contribution in [2.45, 2.75) is 12.8 Å². The molecular formula is C16H19NO7S. The lowest BCUT2D eigenvalue weighted by atomic mass is 10.1. The highest BCUT2D eigenvalue weighted by atomic mass is 32.2. The molecule has 2 rings (SSSR count). The van der Waals surface area contributed by atoms with Crippen LogP contribution < -0.4 is 5.32 Å². The van der Waals surface area contributed by atoms with Crippen molar-refractivity contribution in [2.75, 3.05) is 30.5 Å². The van der Waals surface area contributed by atoms with Crippen molar-refractivity contribution in [3.05, 3.63) is 29.8 Å². The van der Waals surface area contributed by atoms with E-state index in [-0.39, 0.29) is 23.8 Å². The van der Waals surface area contributed by atoms with E-state index in [2.05, 4.69) is 10.1 Å². The van der Waals surface area contributed by atoms with E-state index in [0.717, 1.165) is 0 Å². The van der Waals surface area contributed by atoms with E-state index in [0.29, 0.717) is 17.7 Å². The summed E-state index contributed by atoms with van der Waals surface area (Å²) in [6.07, 6.45) is 0.427. The Kier molecular flexibility index (Phi) is 6.13. The van der Waals surface area contributed by atoms with Crippen LogP contribution in [0, 0.1) is 5.92 Å². The third kappa shape index (κ3) is 5.86. The molecule has 0 aromatic heterocycles. The van der Waals surface area contributed by atoms with Crippen molar-refractivity contribution >= 4 is 33.4 Å². The molecule has 0 aliphatic carbocycles. The third-order valence-electron chi connectivity index (χ3n) is 3.74. The number of carbonyl (C=O) groups excluding carboxylic acids is 3. The number of benzene rings is 1. The van der Waals surface area contributed by atoms with Gasteiger partial charge in [0.1, 0.15) is 0 Å². The van der Waals surface area contributed by atoms with Gasteiger partial charge in [0.05, 0.1) is 24.2 Å². The maximum Gasteiger partial charge on any atom is 0.337 e. The van der Waals surface area contributed by atoms with E-state index < -0.39 is 34.3 Å². The summed E-state index contributed by atoms with van der Waals surface area (Å²) in [5, 5.41) is 2.52. The molecule has 136 valence electrons. The average molecular weight is 369 g/mol. The summed E-state index contributed by atoms with van der Waals surface area (Å²) in [5.41, 5.74) is 0.786. The molecule has 1 aromatic rings. The van der Waals surface area contributed by atoms with Gasteiger partial charge in [-0.3, -0.25) is 9.59 Å². The van der Waals surface area contributed by atoms with Gasteiger partial charge in [0, 0.05) is 12.1 Å². The number of esters is 2. The lowest BCUT2D eigenvalue weighted by Gasteiger charge is -2.09. The predicted octanol–water partition coefficient (Wildman–Crippen LogP) is 0.780. The molecule has 1 fully saturated rings. The molecule has 1 saturated heterocycles. The fourth-order valence-corrected chi connectivity index (χ4v) is 4.34. The molecule has 0 unspecified atom stereocenters. The average Bonchev–Trinajstić information content (AvgIpc) is 2.91. The number of amides is 1. The predicted molar refractivity (Wildman–Crippen MR) is 88.7 cm³/mol. The molecule has 0 saturated carbocycles. The molecule has 1 aromatic carbocycles. The van der Waals surface area contributed by atoms with Gasteiger partial charge in [0.15, 0.2) is 16.4 Å². The van der Waals surface area contributed by atoms with Gasteiger partial charge in [-0.05, 0) is 36.6 Å². The van der Waals surface area contributed by atoms with E-state index in [4.69, 9.17) is 4.74 Å². The van der Waals surface area contributed by atoms with E-state index in [1.165, 1.54) is 31.4 Å². The van der Waals surface area contributed by atoms with Crippen molar-refractivity contribution < 1.29 is 32.3 Å². The Labute approximate surface area is 145 Å². The quantitative estimate of drug-likeness (QED) is 0.737. The minimum Gasteiger partial charge on any atom is -0.465 e. The maximum absolute atomic E-state index is 11.8. The Morgan fingerprint density at radius 3 is 2.44 bits per heavy atom. The number of hydrogen-bond donors (Lipinski definition) is 1. The Morgan fingerprint density at radius 1 is 1.20 bits per heavy atom. The zero-order valence-electron chi connectivity index (χ0n) is 13.7. The van der Waals surface area contributed by atoms with Crippen LogP contribution in [0.3, 0.4) is 0 Å². The first kappa shape index (κ1) is 18.9. The van der Waals surface area contributed by atoms with Gasteiger partial charge >= 0.3 is 11.9 Å². The zero-order chi connectivity index (χ0) is 18.4. The minimum absolute atomic E-state index is 0.0131. The highest BCUT2D eigenvalue weighted by molar-refractivity contribution is 7.91. The first-order valence-corrected chi connectivity index (χ1v) is 9.45. The highest BCUT2D eigenvalue weighted by Gasteiger charge is 2.29. The normalized spacial score (nSPS) is 18.4. The largest absolute Gasteiger partial charge is 0.465 e. The minimum atomic E-state index is -3.04. The summed E-state index contributed by atoms with van der Waals surface area (Å²) in [7, 11) is -1.77. The van der Waals surface area contributed by atoms with Gasteiger partial charge in [0.2, 0.25) is 0 Å². The van der Waals surface area contributed by atoms with Crippen LogP contribution in [0.25, 0.3) is 0 Å². The molecule has 1 aliphatic rings. The van der Waals surface area contributed by atoms with E-state index in [1.54, 1.807) is 0 Å². The second kappa shape index (κ2) is 8.11. The topological polar surface area (TPSA) is 116 Å². The van der Waals surface area contributed by atoms with Crippen LogP contribution in [-0.2, 0) is 28.9 Å². The third-order valence-corrected chi connectivity index (χ3v) is 5.57. The Hall–Kier alpha value is -2.42. The zero-order valence-corrected chi connectivity index (χ0v) is 14.5. The van der Waals surface area contributed by atoms with E-state index in [1.807, 2.05) is 0 Å². The maximum atomic E-state index is 11.8. The van der Waals surface area contributed by atoms with Crippen molar-refractivity contribution in [3.8, 4) is 0 Å². The molecule has 9 heteroatoms. The Balaban J connectivity index is 1.75. The molecule has 25 heavy (non-hydrogen) atoms. The van der Waals surface area contributed by atoms with Crippen LogP contribution in [-0.4, -0.2) is 51.5 Å². The number of hydrogen-bond acceptors (Lipinski definition) is 7. The monoisotopic (exact) mass is 369 g/mol. The van der Waals surface area contributed by atoms with Crippen molar-refractivity contribution in [3.63, 3.8) is 0 Å². The first-order chi connectivity index (χ1) is 11.8. The molecule has 1 atom stereocenters. The second-order valence-electron chi connectivity index (χ2n) is 5.75. The van der Waals surface area contributed by atoms with Gasteiger partial charge < -0.3 is 14.8 Å². The molecule has 1 aliphatic heterocycles. The summed E-state index contributed by atoms with van der Waals surface area (Å²) in [6.45, 7) is -0.461. The number of ether oxygens (including phenoxy) is 2. The summed E-state index contributed by atoms with van der Waals surface area (Å²) in [6, 6.07) is 6.03. The van der Waals surface area contributed by atoms with Gasteiger partial charge in [0.25, 0.3) is 5.91 Å². The van der Waals surface area contributed by atoms with Crippen LogP contribution in [0.1, 0.15) is 23.2 Å². The Bertz CT molecular complexity index is 755. The molecule has 8 nitrogen and oxygen atoms in total. The number of sulfone groups is 1. The number of methoxy groups -OCH3 is 1. The van der Waals surface area contributed by atoms with Crippen LogP contribution in [0.2, 0.25) is 0 Å². The number of nitrogens with one attached hydrogen (secondary N) is 1. The second-order valence-corrected chi connectivity index (χ2v) is 7.98. The lowest BCUT2D eigenvalue weighted by molar-refractivity contribution is -0.148. The molecule has 1 N–H and O–H groups in total. The van der Waals surface area contributed by atoms with Crippen LogP contribution in [0.4, 0.5) is 5.69 Å². The standard InChI is InChI=1S/C16H19NO7S/c1-23-16(20)12-2-4-13(5-3-12)17-14(18)9-24-15(19)8-11-6-7-25(21,22)10-11/h2-5,11H,6-10H2,1H3,(H,17,18)/t11-/m1/s1.